The quantitative estimate of drug-likeness (QED) is 0.849. The molecule has 0 aliphatic rings. The van der Waals surface area contributed by atoms with E-state index in [0.29, 0.717) is 5.75 Å². The molecule has 0 atom stereocenters. The highest BCUT2D eigenvalue weighted by molar-refractivity contribution is 7.99. The molecule has 0 unspecified atom stereocenters. The average Bonchev–Trinajstić information content (AvgIpc) is 2.95. The first-order valence-corrected chi connectivity index (χ1v) is 7.00. The molecule has 2 heterocycles. The first-order valence-electron chi connectivity index (χ1n) is 6.01. The van der Waals surface area contributed by atoms with Crippen molar-refractivity contribution in [3.05, 3.63) is 24.7 Å². The molecule has 0 spiro atoms. The Morgan fingerprint density at radius 1 is 1.47 bits per heavy atom. The second kappa shape index (κ2) is 5.92. The molecule has 0 radical (unpaired) electrons. The summed E-state index contributed by atoms with van der Waals surface area (Å²) in [5, 5.41) is 7.86. The topological polar surface area (TPSA) is 64.7 Å². The number of amides is 1. The van der Waals surface area contributed by atoms with Gasteiger partial charge in [0.1, 0.15) is 5.82 Å². The van der Waals surface area contributed by atoms with E-state index in [1.165, 1.54) is 11.8 Å². The highest BCUT2D eigenvalue weighted by Gasteiger charge is 2.10. The van der Waals surface area contributed by atoms with E-state index in [4.69, 9.17) is 0 Å². The molecule has 2 aromatic rings. The molecule has 7 heteroatoms. The van der Waals surface area contributed by atoms with Gasteiger partial charge in [0.2, 0.25) is 5.91 Å². The van der Waals surface area contributed by atoms with E-state index in [1.807, 2.05) is 31.7 Å². The van der Waals surface area contributed by atoms with Crippen LogP contribution in [0.3, 0.4) is 0 Å². The molecule has 0 saturated carbocycles. The van der Waals surface area contributed by atoms with Gasteiger partial charge in [0, 0.05) is 31.5 Å². The largest absolute Gasteiger partial charge is 0.329 e. The summed E-state index contributed by atoms with van der Waals surface area (Å²) < 4.78 is 3.67. The zero-order chi connectivity index (χ0) is 13.8. The van der Waals surface area contributed by atoms with Gasteiger partial charge in [-0.05, 0) is 13.8 Å². The molecule has 6 nitrogen and oxygen atoms in total. The first-order chi connectivity index (χ1) is 9.08. The molecular weight excluding hydrogens is 262 g/mol. The van der Waals surface area contributed by atoms with E-state index in [0.717, 1.165) is 11.0 Å². The third-order valence-electron chi connectivity index (χ3n) is 2.54. The van der Waals surface area contributed by atoms with Gasteiger partial charge in [-0.2, -0.15) is 5.10 Å². The summed E-state index contributed by atoms with van der Waals surface area (Å²) in [4.78, 5) is 16.0. The molecule has 102 valence electrons. The molecule has 0 fully saturated rings. The van der Waals surface area contributed by atoms with Crippen LogP contribution in [0, 0.1) is 0 Å². The second-order valence-electron chi connectivity index (χ2n) is 4.41. The SMILES string of the molecule is CC(C)n1nccc1NC(=O)CSc1nccn1C. The van der Waals surface area contributed by atoms with Gasteiger partial charge in [-0.3, -0.25) is 4.79 Å². The molecule has 0 aromatic carbocycles. The maximum absolute atomic E-state index is 11.9. The summed E-state index contributed by atoms with van der Waals surface area (Å²) in [5.74, 6) is 0.990. The minimum atomic E-state index is -0.0598. The van der Waals surface area contributed by atoms with E-state index in [9.17, 15) is 4.79 Å². The molecule has 19 heavy (non-hydrogen) atoms. The van der Waals surface area contributed by atoms with Crippen LogP contribution in [0.1, 0.15) is 19.9 Å². The van der Waals surface area contributed by atoms with Gasteiger partial charge in [-0.25, -0.2) is 9.67 Å². The number of rotatable bonds is 5. The Hall–Kier alpha value is -1.76. The molecule has 0 saturated heterocycles. The number of nitrogens with zero attached hydrogens (tertiary/aromatic N) is 4. The van der Waals surface area contributed by atoms with Crippen LogP contribution in [0.2, 0.25) is 0 Å². The van der Waals surface area contributed by atoms with Crippen LogP contribution in [0.25, 0.3) is 0 Å². The van der Waals surface area contributed by atoms with Crippen molar-refractivity contribution in [2.45, 2.75) is 25.0 Å². The average molecular weight is 279 g/mol. The lowest BCUT2D eigenvalue weighted by Crippen LogP contribution is -2.18. The Kier molecular flexibility index (Phi) is 4.26. The standard InChI is InChI=1S/C12H17N5OS/c1-9(2)17-10(4-5-14-17)15-11(18)8-19-12-13-6-7-16(12)3/h4-7,9H,8H2,1-3H3,(H,15,18). The Bertz CT molecular complexity index is 560. The number of imidazole rings is 1. The highest BCUT2D eigenvalue weighted by Crippen LogP contribution is 2.16. The molecule has 2 aromatic heterocycles. The van der Waals surface area contributed by atoms with Gasteiger partial charge >= 0.3 is 0 Å². The van der Waals surface area contributed by atoms with Crippen molar-refractivity contribution >= 4 is 23.5 Å². The van der Waals surface area contributed by atoms with E-state index in [2.05, 4.69) is 15.4 Å². The number of hydrogen-bond donors (Lipinski definition) is 1. The fourth-order valence-electron chi connectivity index (χ4n) is 1.62. The van der Waals surface area contributed by atoms with Crippen LogP contribution in [-0.4, -0.2) is 31.0 Å². The first kappa shape index (κ1) is 13.7. The Morgan fingerprint density at radius 3 is 2.89 bits per heavy atom. The van der Waals surface area contributed by atoms with Crippen LogP contribution in [-0.2, 0) is 11.8 Å². The summed E-state index contributed by atoms with van der Waals surface area (Å²) in [7, 11) is 1.90. The van der Waals surface area contributed by atoms with Crippen LogP contribution in [0.15, 0.2) is 29.8 Å². The molecule has 0 bridgehead atoms. The van der Waals surface area contributed by atoms with Crippen LogP contribution < -0.4 is 5.32 Å². The van der Waals surface area contributed by atoms with E-state index in [1.54, 1.807) is 23.1 Å². The minimum absolute atomic E-state index is 0.0598. The number of thioether (sulfide) groups is 1. The zero-order valence-electron chi connectivity index (χ0n) is 11.2. The predicted molar refractivity (Wildman–Crippen MR) is 75.2 cm³/mol. The maximum Gasteiger partial charge on any atom is 0.235 e. The molecule has 0 aliphatic carbocycles. The third kappa shape index (κ3) is 3.37. The summed E-state index contributed by atoms with van der Waals surface area (Å²) >= 11 is 1.41. The summed E-state index contributed by atoms with van der Waals surface area (Å²) in [5.41, 5.74) is 0. The highest BCUT2D eigenvalue weighted by atomic mass is 32.2. The van der Waals surface area contributed by atoms with Crippen molar-refractivity contribution in [1.82, 2.24) is 19.3 Å². The second-order valence-corrected chi connectivity index (χ2v) is 5.35. The number of aromatic nitrogens is 4. The normalized spacial score (nSPS) is 10.9. The van der Waals surface area contributed by atoms with Crippen molar-refractivity contribution in [3.63, 3.8) is 0 Å². The Morgan fingerprint density at radius 2 is 2.26 bits per heavy atom. The number of anilines is 1. The van der Waals surface area contributed by atoms with Gasteiger partial charge in [0.05, 0.1) is 11.9 Å². The van der Waals surface area contributed by atoms with Crippen molar-refractivity contribution < 1.29 is 4.79 Å². The molecule has 2 rings (SSSR count). The molecular formula is C12H17N5OS. The van der Waals surface area contributed by atoms with Gasteiger partial charge in [0.15, 0.2) is 5.16 Å². The minimum Gasteiger partial charge on any atom is -0.329 e. The maximum atomic E-state index is 11.9. The van der Waals surface area contributed by atoms with Gasteiger partial charge in [-0.1, -0.05) is 11.8 Å². The number of aryl methyl sites for hydroxylation is 1. The number of carbonyl (C=O) groups is 1. The third-order valence-corrected chi connectivity index (χ3v) is 3.59. The molecule has 1 amide bonds. The Labute approximate surface area is 116 Å². The van der Waals surface area contributed by atoms with Crippen molar-refractivity contribution in [1.29, 1.82) is 0 Å². The van der Waals surface area contributed by atoms with Crippen LogP contribution >= 0.6 is 11.8 Å². The lowest BCUT2D eigenvalue weighted by atomic mass is 10.4. The lowest BCUT2D eigenvalue weighted by Gasteiger charge is -2.11. The fourth-order valence-corrected chi connectivity index (χ4v) is 2.36. The van der Waals surface area contributed by atoms with E-state index < -0.39 is 0 Å². The monoisotopic (exact) mass is 279 g/mol. The van der Waals surface area contributed by atoms with Crippen molar-refractivity contribution in [3.8, 4) is 0 Å². The molecule has 1 N–H and O–H groups in total. The zero-order valence-corrected chi connectivity index (χ0v) is 12.0. The van der Waals surface area contributed by atoms with Crippen molar-refractivity contribution in [2.24, 2.45) is 7.05 Å². The smallest absolute Gasteiger partial charge is 0.235 e. The summed E-state index contributed by atoms with van der Waals surface area (Å²) in [6, 6.07) is 2.01. The number of carbonyl (C=O) groups excluding carboxylic acids is 1. The lowest BCUT2D eigenvalue weighted by molar-refractivity contribution is -0.113. The summed E-state index contributed by atoms with van der Waals surface area (Å²) in [6.07, 6.45) is 5.25. The number of nitrogens with one attached hydrogen (secondary N) is 1. The predicted octanol–water partition coefficient (Wildman–Crippen LogP) is 1.93. The molecule has 0 aliphatic heterocycles. The van der Waals surface area contributed by atoms with E-state index >= 15 is 0 Å². The van der Waals surface area contributed by atoms with Gasteiger partial charge in [-0.15, -0.1) is 0 Å². The van der Waals surface area contributed by atoms with Crippen LogP contribution in [0.5, 0.6) is 0 Å². The van der Waals surface area contributed by atoms with Gasteiger partial charge in [0.25, 0.3) is 0 Å². The van der Waals surface area contributed by atoms with Crippen LogP contribution in [0.4, 0.5) is 5.82 Å². The Balaban J connectivity index is 1.91. The summed E-state index contributed by atoms with van der Waals surface area (Å²) in [6.45, 7) is 4.04. The number of hydrogen-bond acceptors (Lipinski definition) is 4. The van der Waals surface area contributed by atoms with Crippen molar-refractivity contribution in [2.75, 3.05) is 11.1 Å². The van der Waals surface area contributed by atoms with Gasteiger partial charge < -0.3 is 9.88 Å². The van der Waals surface area contributed by atoms with E-state index in [-0.39, 0.29) is 11.9 Å². The fraction of sp³-hybridized carbons (Fsp3) is 0.417.